The van der Waals surface area contributed by atoms with Crippen LogP contribution in [0.25, 0.3) is 0 Å². The zero-order valence-electron chi connectivity index (χ0n) is 32.2. The normalized spacial score (nSPS) is 11.0. The van der Waals surface area contributed by atoms with Crippen LogP contribution in [-0.4, -0.2) is 43.8 Å². The van der Waals surface area contributed by atoms with Gasteiger partial charge in [0.15, 0.2) is 0 Å². The molecule has 0 bridgehead atoms. The first-order valence-corrected chi connectivity index (χ1v) is 18.7. The minimum Gasteiger partial charge on any atom is -0.869 e. The molecule has 4 aromatic carbocycles. The Morgan fingerprint density at radius 3 is 1.15 bits per heavy atom. The molecule has 4 N–H and O–H groups in total. The van der Waals surface area contributed by atoms with E-state index in [9.17, 15) is 19.8 Å². The van der Waals surface area contributed by atoms with Gasteiger partial charge in [-0.15, -0.1) is 0 Å². The second-order valence-corrected chi connectivity index (χ2v) is 12.7. The van der Waals surface area contributed by atoms with Gasteiger partial charge in [-0.25, -0.2) is 9.59 Å². The van der Waals surface area contributed by atoms with Crippen LogP contribution in [0.3, 0.4) is 0 Å². The smallest absolute Gasteiger partial charge is 0.869 e. The number of hydrogen-bond donors (Lipinski definition) is 4. The molecule has 0 spiro atoms. The molecule has 10 nitrogen and oxygen atoms in total. The van der Waals surface area contributed by atoms with Crippen LogP contribution in [-0.2, 0) is 29.3 Å². The molecule has 0 aliphatic carbocycles. The van der Waals surface area contributed by atoms with Crippen LogP contribution in [0.2, 0.25) is 0 Å². The molecular weight excluding hydrogens is 743 g/mol. The van der Waals surface area contributed by atoms with E-state index < -0.39 is 34.9 Å². The van der Waals surface area contributed by atoms with Gasteiger partial charge in [-0.2, -0.15) is 0 Å². The Bertz CT molecular complexity index is 1680. The second-order valence-electron chi connectivity index (χ2n) is 12.7. The van der Waals surface area contributed by atoms with E-state index in [1.807, 2.05) is 50.2 Å². The maximum atomic E-state index is 11.4. The van der Waals surface area contributed by atoms with Gasteiger partial charge in [-0.05, 0) is 98.9 Å². The summed E-state index contributed by atoms with van der Waals surface area (Å²) in [5.41, 5.74) is 4.69. The summed E-state index contributed by atoms with van der Waals surface area (Å²) in [4.78, 5) is 31.6. The van der Waals surface area contributed by atoms with Crippen LogP contribution >= 0.6 is 0 Å². The molecule has 4 aromatic rings. The van der Waals surface area contributed by atoms with Crippen LogP contribution in [0, 0.1) is 0 Å². The predicted octanol–water partition coefficient (Wildman–Crippen LogP) is 9.92. The van der Waals surface area contributed by atoms with Gasteiger partial charge in [0.25, 0.3) is 0 Å². The molecule has 0 radical (unpaired) electrons. The number of carboxylic acids is 2. The summed E-state index contributed by atoms with van der Waals surface area (Å²) in [6.07, 6.45) is 11.2. The van der Waals surface area contributed by atoms with Crippen molar-refractivity contribution >= 4 is 34.7 Å². The van der Waals surface area contributed by atoms with E-state index >= 15 is 0 Å². The van der Waals surface area contributed by atoms with Crippen molar-refractivity contribution in [3.05, 3.63) is 107 Å². The summed E-state index contributed by atoms with van der Waals surface area (Å²) in [5.74, 6) is -5.16. The SMILES string of the molecule is CCCCC(=Nc1ccccc1)C(CCCC)=Nc1ccccc1.CCCCc1ccc(O)c([O-])c1C(=O)O.CCCCc1ccc(O)c([O-])c1C(=O)O.[Ni+2]. The molecule has 0 saturated carbocycles. The van der Waals surface area contributed by atoms with Crippen LogP contribution in [0.4, 0.5) is 11.4 Å². The third kappa shape index (κ3) is 16.4. The van der Waals surface area contributed by atoms with Crippen LogP contribution < -0.4 is 10.2 Å². The van der Waals surface area contributed by atoms with E-state index in [0.29, 0.717) is 24.0 Å². The summed E-state index contributed by atoms with van der Waals surface area (Å²) in [6, 6.07) is 25.9. The van der Waals surface area contributed by atoms with Gasteiger partial charge >= 0.3 is 28.4 Å². The number of aliphatic imine (C=N–C) groups is 2. The molecule has 55 heavy (non-hydrogen) atoms. The largest absolute Gasteiger partial charge is 2.00 e. The zero-order chi connectivity index (χ0) is 39.9. The molecule has 4 rings (SSSR count). The minimum atomic E-state index is -1.28. The van der Waals surface area contributed by atoms with Gasteiger partial charge in [0.1, 0.15) is 11.5 Å². The first kappa shape index (κ1) is 47.9. The summed E-state index contributed by atoms with van der Waals surface area (Å²) >= 11 is 0. The fraction of sp³-hybridized carbons (Fsp3) is 0.364. The number of rotatable bonds is 17. The number of carboxylic acid groups (broad SMARTS) is 2. The van der Waals surface area contributed by atoms with Crippen LogP contribution in [0.15, 0.2) is 94.9 Å². The number of aryl methyl sites for hydroxylation is 2. The fourth-order valence-electron chi connectivity index (χ4n) is 5.38. The molecule has 0 aliphatic heterocycles. The summed E-state index contributed by atoms with van der Waals surface area (Å²) in [7, 11) is 0. The molecule has 0 amide bonds. The zero-order valence-corrected chi connectivity index (χ0v) is 33.2. The average molecular weight is 798 g/mol. The molecular formula is C44H54N2NiO8. The number of aromatic hydroxyl groups is 2. The van der Waals surface area contributed by atoms with Crippen molar-refractivity contribution in [2.24, 2.45) is 9.98 Å². The summed E-state index contributed by atoms with van der Waals surface area (Å²) in [5, 5.41) is 58.7. The number of nitrogens with zero attached hydrogens (tertiary/aromatic N) is 2. The first-order chi connectivity index (χ1) is 26.0. The van der Waals surface area contributed by atoms with Crippen molar-refractivity contribution in [2.75, 3.05) is 0 Å². The maximum absolute atomic E-state index is 11.4. The van der Waals surface area contributed by atoms with Crippen LogP contribution in [0.5, 0.6) is 23.0 Å². The molecule has 0 aliphatic rings. The average Bonchev–Trinajstić information content (AvgIpc) is 3.17. The molecule has 0 aromatic heterocycles. The molecule has 0 saturated heterocycles. The second kappa shape index (κ2) is 26.6. The predicted molar refractivity (Wildman–Crippen MR) is 212 cm³/mol. The molecule has 0 unspecified atom stereocenters. The van der Waals surface area contributed by atoms with Crippen molar-refractivity contribution in [3.63, 3.8) is 0 Å². The number of hydrogen-bond acceptors (Lipinski definition) is 8. The number of para-hydroxylation sites is 2. The Labute approximate surface area is 335 Å². The number of aromatic carboxylic acids is 2. The van der Waals surface area contributed by atoms with E-state index in [1.54, 1.807) is 0 Å². The molecule has 0 fully saturated rings. The standard InChI is InChI=1S/C22H28N2.2C11H14O4.Ni/c1-3-5-17-21(23-19-13-9-7-10-14-19)22(18-6-4-2)24-20-15-11-8-12-16-20;2*1-2-3-4-7-5-6-8(12)10(13)9(7)11(14)15;/h7-16H,3-6,17-18H2,1-2H3;2*5-6,12-13H,2-4H2,1H3,(H,14,15);/q;;;+2/p-2. The molecule has 11 heteroatoms. The minimum absolute atomic E-state index is 0. The van der Waals surface area contributed by atoms with E-state index in [0.717, 1.165) is 74.2 Å². The van der Waals surface area contributed by atoms with E-state index in [2.05, 4.69) is 38.1 Å². The fourth-order valence-corrected chi connectivity index (χ4v) is 5.38. The summed E-state index contributed by atoms with van der Waals surface area (Å²) in [6.45, 7) is 8.41. The van der Waals surface area contributed by atoms with E-state index in [-0.39, 0.29) is 27.6 Å². The number of phenols is 2. The maximum Gasteiger partial charge on any atom is 2.00 e. The van der Waals surface area contributed by atoms with Gasteiger partial charge in [-0.1, -0.05) is 113 Å². The summed E-state index contributed by atoms with van der Waals surface area (Å²) < 4.78 is 0. The third-order valence-electron chi connectivity index (χ3n) is 8.38. The Morgan fingerprint density at radius 1 is 0.527 bits per heavy atom. The van der Waals surface area contributed by atoms with Crippen LogP contribution in [0.1, 0.15) is 124 Å². The Kier molecular flexibility index (Phi) is 23.2. The molecule has 0 heterocycles. The van der Waals surface area contributed by atoms with Crippen molar-refractivity contribution in [3.8, 4) is 23.0 Å². The van der Waals surface area contributed by atoms with Gasteiger partial charge in [-0.3, -0.25) is 9.98 Å². The van der Waals surface area contributed by atoms with E-state index in [4.69, 9.17) is 30.4 Å². The monoisotopic (exact) mass is 796 g/mol. The van der Waals surface area contributed by atoms with Gasteiger partial charge < -0.3 is 30.6 Å². The van der Waals surface area contributed by atoms with Crippen molar-refractivity contribution in [1.29, 1.82) is 0 Å². The number of carbonyl (C=O) groups is 2. The van der Waals surface area contributed by atoms with Gasteiger partial charge in [0, 0.05) is 0 Å². The molecule has 0 atom stereocenters. The van der Waals surface area contributed by atoms with E-state index in [1.165, 1.54) is 37.1 Å². The molecule has 298 valence electrons. The Hall–Kier alpha value is -5.15. The van der Waals surface area contributed by atoms with Gasteiger partial charge in [0.05, 0.1) is 33.9 Å². The van der Waals surface area contributed by atoms with Crippen molar-refractivity contribution in [2.45, 2.75) is 105 Å². The number of phenolic OH excluding ortho intramolecular Hbond substituents is 2. The Balaban J connectivity index is 0.000000428. The Morgan fingerprint density at radius 2 is 0.855 bits per heavy atom. The first-order valence-electron chi connectivity index (χ1n) is 18.7. The topological polar surface area (TPSA) is 186 Å². The van der Waals surface area contributed by atoms with Crippen molar-refractivity contribution < 1.29 is 56.7 Å². The number of unbranched alkanes of at least 4 members (excludes halogenated alkanes) is 4. The van der Waals surface area contributed by atoms with Gasteiger partial charge in [0.2, 0.25) is 0 Å². The number of benzene rings is 4. The van der Waals surface area contributed by atoms with Crippen molar-refractivity contribution in [1.82, 2.24) is 0 Å². The quantitative estimate of drug-likeness (QED) is 0.0600. The third-order valence-corrected chi connectivity index (χ3v) is 8.38.